The Kier molecular flexibility index (Phi) is 5.26. The van der Waals surface area contributed by atoms with Crippen molar-refractivity contribution in [2.75, 3.05) is 10.6 Å². The molecule has 1 amide bonds. The number of ketones is 1. The summed E-state index contributed by atoms with van der Waals surface area (Å²) >= 11 is 0. The van der Waals surface area contributed by atoms with E-state index >= 15 is 0 Å². The lowest BCUT2D eigenvalue weighted by Crippen LogP contribution is -2.14. The first kappa shape index (κ1) is 18.3. The number of aryl methyl sites for hydroxylation is 1. The highest BCUT2D eigenvalue weighted by Gasteiger charge is 2.10. The van der Waals surface area contributed by atoms with Crippen LogP contribution >= 0.6 is 0 Å². The van der Waals surface area contributed by atoms with Crippen LogP contribution in [0.5, 0.6) is 0 Å². The average molecular weight is 360 g/mol. The van der Waals surface area contributed by atoms with Crippen molar-refractivity contribution in [1.82, 2.24) is 9.97 Å². The van der Waals surface area contributed by atoms with Crippen LogP contribution in [-0.2, 0) is 0 Å². The van der Waals surface area contributed by atoms with Crippen LogP contribution in [0.25, 0.3) is 0 Å². The fourth-order valence-corrected chi connectivity index (χ4v) is 2.51. The zero-order valence-corrected chi connectivity index (χ0v) is 15.4. The summed E-state index contributed by atoms with van der Waals surface area (Å²) in [5.74, 6) is 0.118. The maximum Gasteiger partial charge on any atom is 0.258 e. The summed E-state index contributed by atoms with van der Waals surface area (Å²) in [4.78, 5) is 32.1. The van der Waals surface area contributed by atoms with Crippen molar-refractivity contribution in [3.05, 3.63) is 77.1 Å². The van der Waals surface area contributed by atoms with Gasteiger partial charge in [0, 0.05) is 29.3 Å². The predicted octanol–water partition coefficient (Wildman–Crippen LogP) is 4.29. The molecule has 0 saturated heterocycles. The molecule has 2 N–H and O–H groups in total. The van der Waals surface area contributed by atoms with Crippen molar-refractivity contribution in [3.63, 3.8) is 0 Å². The van der Waals surface area contributed by atoms with Gasteiger partial charge in [-0.2, -0.15) is 0 Å². The Morgan fingerprint density at radius 3 is 2.19 bits per heavy atom. The van der Waals surface area contributed by atoms with Gasteiger partial charge < -0.3 is 10.6 Å². The summed E-state index contributed by atoms with van der Waals surface area (Å²) in [6, 6.07) is 12.8. The standard InChI is InChI=1S/C21H20N4O2/c1-13-5-4-6-19(14(13)2)25-20(27)17-11-22-21(23-12-17)24-18-9-7-16(8-10-18)15(3)26/h4-12H,1-3H3,(H,25,27)(H,22,23,24). The number of anilines is 3. The highest BCUT2D eigenvalue weighted by Crippen LogP contribution is 2.19. The Bertz CT molecular complexity index is 980. The van der Waals surface area contributed by atoms with E-state index in [0.29, 0.717) is 17.1 Å². The molecule has 1 heterocycles. The van der Waals surface area contributed by atoms with Crippen LogP contribution in [0.2, 0.25) is 0 Å². The third-order valence-corrected chi connectivity index (χ3v) is 4.31. The largest absolute Gasteiger partial charge is 0.324 e. The van der Waals surface area contributed by atoms with E-state index in [4.69, 9.17) is 0 Å². The highest BCUT2D eigenvalue weighted by molar-refractivity contribution is 6.04. The van der Waals surface area contributed by atoms with Crippen molar-refractivity contribution >= 4 is 29.0 Å². The molecule has 27 heavy (non-hydrogen) atoms. The normalized spacial score (nSPS) is 10.3. The van der Waals surface area contributed by atoms with Crippen LogP contribution in [0.3, 0.4) is 0 Å². The molecular weight excluding hydrogens is 340 g/mol. The second kappa shape index (κ2) is 7.78. The van der Waals surface area contributed by atoms with E-state index < -0.39 is 0 Å². The first-order valence-electron chi connectivity index (χ1n) is 8.51. The van der Waals surface area contributed by atoms with Gasteiger partial charge in [-0.3, -0.25) is 9.59 Å². The van der Waals surface area contributed by atoms with Crippen molar-refractivity contribution in [3.8, 4) is 0 Å². The Morgan fingerprint density at radius 1 is 0.889 bits per heavy atom. The number of nitrogens with one attached hydrogen (secondary N) is 2. The van der Waals surface area contributed by atoms with Crippen LogP contribution < -0.4 is 10.6 Å². The predicted molar refractivity (Wildman–Crippen MR) is 106 cm³/mol. The maximum absolute atomic E-state index is 12.4. The Labute approximate surface area is 157 Å². The fourth-order valence-electron chi connectivity index (χ4n) is 2.51. The lowest BCUT2D eigenvalue weighted by molar-refractivity contribution is 0.101. The van der Waals surface area contributed by atoms with Gasteiger partial charge in [-0.1, -0.05) is 12.1 Å². The van der Waals surface area contributed by atoms with E-state index in [1.165, 1.54) is 19.3 Å². The molecule has 0 aliphatic rings. The van der Waals surface area contributed by atoms with Gasteiger partial charge in [0.15, 0.2) is 5.78 Å². The number of aromatic nitrogens is 2. The number of carbonyl (C=O) groups is 2. The van der Waals surface area contributed by atoms with E-state index in [-0.39, 0.29) is 11.7 Å². The third kappa shape index (κ3) is 4.36. The number of Topliss-reactive ketones (excluding diaryl/α,β-unsaturated/α-hetero) is 1. The van der Waals surface area contributed by atoms with Gasteiger partial charge in [-0.05, 0) is 62.2 Å². The van der Waals surface area contributed by atoms with Crippen LogP contribution in [0, 0.1) is 13.8 Å². The van der Waals surface area contributed by atoms with E-state index in [1.807, 2.05) is 32.0 Å². The molecule has 2 aromatic carbocycles. The number of nitrogens with zero attached hydrogens (tertiary/aromatic N) is 2. The zero-order chi connectivity index (χ0) is 19.4. The number of carbonyl (C=O) groups excluding carboxylic acids is 2. The van der Waals surface area contributed by atoms with E-state index in [0.717, 1.165) is 22.5 Å². The molecular formula is C21H20N4O2. The highest BCUT2D eigenvalue weighted by atomic mass is 16.1. The lowest BCUT2D eigenvalue weighted by atomic mass is 10.1. The van der Waals surface area contributed by atoms with Crippen molar-refractivity contribution < 1.29 is 9.59 Å². The van der Waals surface area contributed by atoms with Gasteiger partial charge in [0.2, 0.25) is 5.95 Å². The van der Waals surface area contributed by atoms with Crippen molar-refractivity contribution in [1.29, 1.82) is 0 Å². The van der Waals surface area contributed by atoms with E-state index in [1.54, 1.807) is 24.3 Å². The molecule has 0 radical (unpaired) electrons. The van der Waals surface area contributed by atoms with Gasteiger partial charge in [0.25, 0.3) is 5.91 Å². The van der Waals surface area contributed by atoms with Crippen molar-refractivity contribution in [2.24, 2.45) is 0 Å². The van der Waals surface area contributed by atoms with Crippen molar-refractivity contribution in [2.45, 2.75) is 20.8 Å². The first-order chi connectivity index (χ1) is 12.9. The SMILES string of the molecule is CC(=O)c1ccc(Nc2ncc(C(=O)Nc3cccc(C)c3C)cn2)cc1. The molecule has 0 atom stereocenters. The van der Waals surface area contributed by atoms with E-state index in [2.05, 4.69) is 20.6 Å². The van der Waals surface area contributed by atoms with Gasteiger partial charge in [0.1, 0.15) is 0 Å². The molecule has 0 unspecified atom stereocenters. The summed E-state index contributed by atoms with van der Waals surface area (Å²) in [5, 5.41) is 5.92. The molecule has 3 rings (SSSR count). The zero-order valence-electron chi connectivity index (χ0n) is 15.4. The molecule has 3 aromatic rings. The van der Waals surface area contributed by atoms with Crippen LogP contribution in [0.4, 0.5) is 17.3 Å². The Morgan fingerprint density at radius 2 is 1.56 bits per heavy atom. The van der Waals surface area contributed by atoms with Gasteiger partial charge in [-0.15, -0.1) is 0 Å². The Hall–Kier alpha value is -3.54. The number of amides is 1. The minimum Gasteiger partial charge on any atom is -0.324 e. The summed E-state index contributed by atoms with van der Waals surface area (Å²) in [5.41, 5.74) is 4.67. The summed E-state index contributed by atoms with van der Waals surface area (Å²) < 4.78 is 0. The van der Waals surface area contributed by atoms with Gasteiger partial charge in [0.05, 0.1) is 5.56 Å². The first-order valence-corrected chi connectivity index (χ1v) is 8.51. The molecule has 0 spiro atoms. The third-order valence-electron chi connectivity index (χ3n) is 4.31. The van der Waals surface area contributed by atoms with Gasteiger partial charge in [-0.25, -0.2) is 9.97 Å². The van der Waals surface area contributed by atoms with Crippen LogP contribution in [-0.4, -0.2) is 21.7 Å². The smallest absolute Gasteiger partial charge is 0.258 e. The van der Waals surface area contributed by atoms with Crippen LogP contribution in [0.1, 0.15) is 38.8 Å². The number of hydrogen-bond acceptors (Lipinski definition) is 5. The quantitative estimate of drug-likeness (QED) is 0.663. The maximum atomic E-state index is 12.4. The molecule has 0 saturated carbocycles. The summed E-state index contributed by atoms with van der Waals surface area (Å²) in [6.45, 7) is 5.48. The molecule has 6 nitrogen and oxygen atoms in total. The topological polar surface area (TPSA) is 84.0 Å². The number of rotatable bonds is 5. The van der Waals surface area contributed by atoms with Crippen LogP contribution in [0.15, 0.2) is 54.9 Å². The lowest BCUT2D eigenvalue weighted by Gasteiger charge is -2.10. The molecule has 1 aromatic heterocycles. The minimum atomic E-state index is -0.263. The number of benzene rings is 2. The monoisotopic (exact) mass is 360 g/mol. The molecule has 0 aliphatic carbocycles. The average Bonchev–Trinajstić information content (AvgIpc) is 2.66. The number of hydrogen-bond donors (Lipinski definition) is 2. The molecule has 6 heteroatoms. The Balaban J connectivity index is 1.68. The molecule has 0 fully saturated rings. The summed E-state index contributed by atoms with van der Waals surface area (Å²) in [7, 11) is 0. The van der Waals surface area contributed by atoms with Gasteiger partial charge >= 0.3 is 0 Å². The fraction of sp³-hybridized carbons (Fsp3) is 0.143. The summed E-state index contributed by atoms with van der Waals surface area (Å²) in [6.07, 6.45) is 2.94. The second-order valence-corrected chi connectivity index (χ2v) is 6.26. The molecule has 0 aliphatic heterocycles. The molecule has 136 valence electrons. The van der Waals surface area contributed by atoms with E-state index in [9.17, 15) is 9.59 Å². The second-order valence-electron chi connectivity index (χ2n) is 6.26. The minimum absolute atomic E-state index is 0.0111. The molecule has 0 bridgehead atoms.